The lowest BCUT2D eigenvalue weighted by Gasteiger charge is -2.32. The Hall–Kier alpha value is -9.70. The number of hydrogen-bond acceptors (Lipinski definition) is 4. The van der Waals surface area contributed by atoms with Gasteiger partial charge in [-0.25, -0.2) is 0 Å². The summed E-state index contributed by atoms with van der Waals surface area (Å²) in [7, 11) is -0.381. The Morgan fingerprint density at radius 2 is 0.674 bits per heavy atom. The standard InChI is InChI=1S/C39H27NO.C27H27BO3.C18H12BrN/c1-39(2)33-12-6-3-9-27(33)30-22-32-31-21-25(17-20-37(31)41-38(32)23-34(30)39)24-15-18-26(19-16-24)40-35-13-7-4-10-28(35)29-11-5-8-14-36(29)40;1-25(2)21-10-8-7-9-17(21)18-14-20-19-13-16(28-30-26(3,4)27(5,6)31-28)11-12-23(19)29-24(20)15-22(18)25;19-13-9-11-14(12-10-13)20-17-7-3-1-5-15(17)16-6-2-4-8-18(16)20/h3-23H,1-2H3;7-15H,1-6H3;1-12H. The number of furan rings is 2. The molecule has 0 unspecified atom stereocenters. The van der Waals surface area contributed by atoms with Gasteiger partial charge in [0.25, 0.3) is 0 Å². The molecule has 5 heterocycles. The molecule has 8 heteroatoms. The molecule has 0 radical (unpaired) electrons. The van der Waals surface area contributed by atoms with E-state index in [4.69, 9.17) is 18.1 Å². The van der Waals surface area contributed by atoms with Crippen molar-refractivity contribution in [3.05, 3.63) is 282 Å². The summed E-state index contributed by atoms with van der Waals surface area (Å²) >= 11 is 3.50. The fraction of sp³-hybridized carbons (Fsp3) is 0.143. The van der Waals surface area contributed by atoms with Crippen LogP contribution in [0.3, 0.4) is 0 Å². The molecule has 0 bridgehead atoms. The van der Waals surface area contributed by atoms with Gasteiger partial charge in [-0.05, 0) is 192 Å². The van der Waals surface area contributed by atoms with Crippen LogP contribution < -0.4 is 5.46 Å². The smallest absolute Gasteiger partial charge is 0.456 e. The van der Waals surface area contributed by atoms with Crippen molar-refractivity contribution < 1.29 is 18.1 Å². The van der Waals surface area contributed by atoms with Gasteiger partial charge in [0.05, 0.1) is 33.3 Å². The Morgan fingerprint density at radius 1 is 0.304 bits per heavy atom. The lowest BCUT2D eigenvalue weighted by molar-refractivity contribution is 0.00578. The van der Waals surface area contributed by atoms with Crippen molar-refractivity contribution in [2.45, 2.75) is 77.4 Å². The lowest BCUT2D eigenvalue weighted by atomic mass is 9.78. The molecule has 0 spiro atoms. The third kappa shape index (κ3) is 8.67. The van der Waals surface area contributed by atoms with Crippen LogP contribution in [0.15, 0.2) is 268 Å². The predicted molar refractivity (Wildman–Crippen MR) is 387 cm³/mol. The zero-order chi connectivity index (χ0) is 62.6. The third-order valence-corrected chi connectivity index (χ3v) is 21.1. The number of nitrogens with zero attached hydrogens (tertiary/aromatic N) is 2. The SMILES string of the molecule is Brc1ccc(-n2c3ccccc3c3ccccc32)cc1.CC1(C)c2ccccc2-c2cc3c(cc21)oc1ccc(-c2ccc(-n4c5ccccc5c5ccccc54)cc2)cc13.CC1(C)c2ccccc2-c2cc3c(cc21)oc1ccc(B2OC(C)(C)C(C)(C)O2)cc13. The number of hydrogen-bond donors (Lipinski definition) is 0. The summed E-state index contributed by atoms with van der Waals surface area (Å²) in [6, 6.07) is 91.3. The van der Waals surface area contributed by atoms with Crippen molar-refractivity contribution in [2.75, 3.05) is 0 Å². The zero-order valence-corrected chi connectivity index (χ0v) is 54.3. The first-order valence-corrected chi connectivity index (χ1v) is 32.7. The van der Waals surface area contributed by atoms with E-state index in [0.29, 0.717) is 0 Å². The molecule has 4 aromatic heterocycles. The van der Waals surface area contributed by atoms with Crippen LogP contribution in [0.25, 0.3) is 132 Å². The molecule has 0 N–H and O–H groups in total. The van der Waals surface area contributed by atoms with Crippen LogP contribution in [-0.2, 0) is 20.1 Å². The fourth-order valence-corrected chi connectivity index (χ4v) is 15.3. The number of benzene rings is 12. The quantitative estimate of drug-likeness (QED) is 0.165. The Balaban J connectivity index is 0.000000112. The predicted octanol–water partition coefficient (Wildman–Crippen LogP) is 22.4. The van der Waals surface area contributed by atoms with Gasteiger partial charge in [0.2, 0.25) is 0 Å². The molecule has 0 amide bonds. The second-order valence-electron chi connectivity index (χ2n) is 27.2. The molecule has 446 valence electrons. The van der Waals surface area contributed by atoms with Crippen molar-refractivity contribution in [1.82, 2.24) is 9.13 Å². The van der Waals surface area contributed by atoms with Crippen LogP contribution in [0, 0.1) is 0 Å². The second kappa shape index (κ2) is 20.7. The molecule has 6 nitrogen and oxygen atoms in total. The summed E-state index contributed by atoms with van der Waals surface area (Å²) in [5.74, 6) is 0. The maximum Gasteiger partial charge on any atom is 0.494 e. The van der Waals surface area contributed by atoms with Crippen molar-refractivity contribution in [1.29, 1.82) is 0 Å². The molecule has 92 heavy (non-hydrogen) atoms. The summed E-state index contributed by atoms with van der Waals surface area (Å²) in [6.07, 6.45) is 0. The molecule has 1 saturated heterocycles. The molecule has 0 saturated carbocycles. The van der Waals surface area contributed by atoms with Crippen LogP contribution in [0.5, 0.6) is 0 Å². The zero-order valence-electron chi connectivity index (χ0n) is 52.7. The summed E-state index contributed by atoms with van der Waals surface area (Å²) in [4.78, 5) is 0. The van der Waals surface area contributed by atoms with Crippen LogP contribution >= 0.6 is 15.9 Å². The highest BCUT2D eigenvalue weighted by atomic mass is 79.9. The van der Waals surface area contributed by atoms with Crippen molar-refractivity contribution >= 4 is 116 Å². The average Bonchev–Trinajstić information content (AvgIpc) is 1.58. The highest BCUT2D eigenvalue weighted by Crippen LogP contribution is 2.53. The average molecular weight is 1260 g/mol. The highest BCUT2D eigenvalue weighted by molar-refractivity contribution is 9.10. The number of halogens is 1. The van der Waals surface area contributed by atoms with E-state index in [1.165, 1.54) is 110 Å². The van der Waals surface area contributed by atoms with E-state index in [1.54, 1.807) is 0 Å². The van der Waals surface area contributed by atoms with Gasteiger partial charge in [-0.1, -0.05) is 195 Å². The highest BCUT2D eigenvalue weighted by Gasteiger charge is 2.52. The van der Waals surface area contributed by atoms with Gasteiger partial charge in [0.15, 0.2) is 0 Å². The maximum absolute atomic E-state index is 6.41. The van der Waals surface area contributed by atoms with Crippen LogP contribution in [0.4, 0.5) is 0 Å². The Labute approximate surface area is 543 Å². The van der Waals surface area contributed by atoms with Gasteiger partial charge in [-0.2, -0.15) is 0 Å². The molecule has 3 aliphatic rings. The number of aromatic nitrogens is 2. The number of para-hydroxylation sites is 4. The lowest BCUT2D eigenvalue weighted by Crippen LogP contribution is -2.41. The summed E-state index contributed by atoms with van der Waals surface area (Å²) in [6.45, 7) is 17.6. The van der Waals surface area contributed by atoms with Crippen molar-refractivity contribution in [2.24, 2.45) is 0 Å². The third-order valence-electron chi connectivity index (χ3n) is 20.6. The van der Waals surface area contributed by atoms with Gasteiger partial charge in [-0.15, -0.1) is 0 Å². The normalized spacial score (nSPS) is 15.5. The van der Waals surface area contributed by atoms with E-state index in [1.807, 2.05) is 6.07 Å². The van der Waals surface area contributed by atoms with Gasteiger partial charge in [0, 0.05) is 69.8 Å². The van der Waals surface area contributed by atoms with Gasteiger partial charge in [-0.3, -0.25) is 0 Å². The monoisotopic (exact) mass is 1260 g/mol. The molecule has 12 aromatic carbocycles. The topological polar surface area (TPSA) is 54.6 Å². The summed E-state index contributed by atoms with van der Waals surface area (Å²) < 4.78 is 31.0. The van der Waals surface area contributed by atoms with Crippen LogP contribution in [0.2, 0.25) is 0 Å². The molecule has 1 fully saturated rings. The Morgan fingerprint density at radius 3 is 1.13 bits per heavy atom. The van der Waals surface area contributed by atoms with E-state index in [9.17, 15) is 0 Å². The van der Waals surface area contributed by atoms with E-state index in [-0.39, 0.29) is 29.2 Å². The molecule has 2 aliphatic carbocycles. The molecular formula is C84H66BBrN2O4. The summed E-state index contributed by atoms with van der Waals surface area (Å²) in [5, 5.41) is 9.73. The first-order valence-electron chi connectivity index (χ1n) is 31.9. The molecule has 1 aliphatic heterocycles. The minimum absolute atomic E-state index is 0.0348. The maximum atomic E-state index is 6.41. The van der Waals surface area contributed by atoms with Gasteiger partial charge >= 0.3 is 7.12 Å². The Kier molecular flexibility index (Phi) is 12.6. The minimum atomic E-state index is -0.381. The number of rotatable bonds is 4. The van der Waals surface area contributed by atoms with E-state index in [0.717, 1.165) is 54.1 Å². The second-order valence-corrected chi connectivity index (χ2v) is 28.1. The minimum Gasteiger partial charge on any atom is -0.456 e. The molecule has 0 atom stereocenters. The molecule has 19 rings (SSSR count). The summed E-state index contributed by atoms with van der Waals surface area (Å²) in [5.41, 5.74) is 24.3. The van der Waals surface area contributed by atoms with E-state index in [2.05, 4.69) is 329 Å². The van der Waals surface area contributed by atoms with E-state index < -0.39 is 0 Å². The van der Waals surface area contributed by atoms with Gasteiger partial charge < -0.3 is 27.3 Å². The Bertz CT molecular complexity index is 5560. The van der Waals surface area contributed by atoms with Crippen LogP contribution in [-0.4, -0.2) is 27.5 Å². The van der Waals surface area contributed by atoms with Crippen LogP contribution in [0.1, 0.15) is 77.6 Å². The largest absolute Gasteiger partial charge is 0.494 e. The molecular weight excluding hydrogens is 1190 g/mol. The van der Waals surface area contributed by atoms with Gasteiger partial charge in [0.1, 0.15) is 22.3 Å². The number of fused-ring (bicyclic) bond motifs is 18. The van der Waals surface area contributed by atoms with Crippen molar-refractivity contribution in [3.63, 3.8) is 0 Å². The first kappa shape index (κ1) is 56.3. The molecule has 16 aromatic rings. The van der Waals surface area contributed by atoms with Crippen molar-refractivity contribution in [3.8, 4) is 44.8 Å². The first-order chi connectivity index (χ1) is 44.5. The fourth-order valence-electron chi connectivity index (χ4n) is 15.1. The van der Waals surface area contributed by atoms with E-state index >= 15 is 0 Å².